The number of rotatable bonds is 5. The van der Waals surface area contributed by atoms with Gasteiger partial charge in [-0.05, 0) is 39.2 Å². The first kappa shape index (κ1) is 15.0. The monoisotopic (exact) mass is 280 g/mol. The van der Waals surface area contributed by atoms with Crippen LogP contribution < -0.4 is 11.1 Å². The zero-order valence-electron chi connectivity index (χ0n) is 12.3. The van der Waals surface area contributed by atoms with Gasteiger partial charge in [0, 0.05) is 32.0 Å². The van der Waals surface area contributed by atoms with Crippen LogP contribution in [0.25, 0.3) is 0 Å². The molecule has 1 aliphatic rings. The highest BCUT2D eigenvalue weighted by Crippen LogP contribution is 2.17. The highest BCUT2D eigenvalue weighted by molar-refractivity contribution is 5.86. The second-order valence-electron chi connectivity index (χ2n) is 5.53. The second-order valence-corrected chi connectivity index (χ2v) is 5.53. The van der Waals surface area contributed by atoms with Gasteiger partial charge in [0.1, 0.15) is 0 Å². The molecule has 0 spiro atoms. The number of hydrogen-bond acceptors (Lipinski definition) is 4. The van der Waals surface area contributed by atoms with E-state index in [1.54, 1.807) is 0 Å². The summed E-state index contributed by atoms with van der Waals surface area (Å²) in [7, 11) is 0. The van der Waals surface area contributed by atoms with Gasteiger partial charge < -0.3 is 15.8 Å². The third-order valence-corrected chi connectivity index (χ3v) is 3.77. The molecule has 0 saturated carbocycles. The summed E-state index contributed by atoms with van der Waals surface area (Å²) in [6.45, 7) is 6.58. The molecule has 3 N–H and O–H groups in total. The summed E-state index contributed by atoms with van der Waals surface area (Å²) in [4.78, 5) is 12.1. The van der Waals surface area contributed by atoms with E-state index >= 15 is 0 Å². The molecule has 0 radical (unpaired) electrons. The lowest BCUT2D eigenvalue weighted by Crippen LogP contribution is -2.57. The summed E-state index contributed by atoms with van der Waals surface area (Å²) >= 11 is 0. The smallest absolute Gasteiger partial charge is 0.240 e. The van der Waals surface area contributed by atoms with Crippen molar-refractivity contribution in [1.29, 1.82) is 0 Å². The maximum Gasteiger partial charge on any atom is 0.240 e. The zero-order chi connectivity index (χ0) is 14.6. The van der Waals surface area contributed by atoms with Gasteiger partial charge in [0.2, 0.25) is 5.91 Å². The van der Waals surface area contributed by atoms with Crippen molar-refractivity contribution in [3.63, 3.8) is 0 Å². The van der Waals surface area contributed by atoms with Crippen molar-refractivity contribution < 1.29 is 9.53 Å². The van der Waals surface area contributed by atoms with Crippen molar-refractivity contribution in [2.75, 3.05) is 19.8 Å². The summed E-state index contributed by atoms with van der Waals surface area (Å²) in [6, 6.07) is 2.05. The van der Waals surface area contributed by atoms with E-state index in [1.165, 1.54) is 0 Å². The van der Waals surface area contributed by atoms with E-state index in [-0.39, 0.29) is 5.91 Å². The highest BCUT2D eigenvalue weighted by atomic mass is 16.5. The number of carbonyl (C=O) groups is 1. The molecule has 1 amide bonds. The Hall–Kier alpha value is -1.40. The first-order chi connectivity index (χ1) is 9.51. The molecular formula is C14H24N4O2. The fraction of sp³-hybridized carbons (Fsp3) is 0.714. The van der Waals surface area contributed by atoms with Gasteiger partial charge in [-0.25, -0.2) is 0 Å². The second kappa shape index (κ2) is 6.37. The lowest BCUT2D eigenvalue weighted by atomic mass is 9.90. The summed E-state index contributed by atoms with van der Waals surface area (Å²) < 4.78 is 7.21. The molecule has 0 unspecified atom stereocenters. The molecule has 0 aromatic carbocycles. The maximum atomic E-state index is 12.1. The summed E-state index contributed by atoms with van der Waals surface area (Å²) in [6.07, 6.45) is 2.03. The lowest BCUT2D eigenvalue weighted by molar-refractivity contribution is -0.129. The normalized spacial score (nSPS) is 17.9. The number of nitrogens with two attached hydrogens (primary N) is 1. The summed E-state index contributed by atoms with van der Waals surface area (Å²) in [5.41, 5.74) is 7.53. The van der Waals surface area contributed by atoms with Crippen molar-refractivity contribution in [3.05, 3.63) is 17.5 Å². The van der Waals surface area contributed by atoms with Gasteiger partial charge in [-0.1, -0.05) is 0 Å². The van der Waals surface area contributed by atoms with Crippen molar-refractivity contribution in [3.8, 4) is 0 Å². The Morgan fingerprint density at radius 1 is 1.50 bits per heavy atom. The predicted octanol–water partition coefficient (Wildman–Crippen LogP) is 0.514. The van der Waals surface area contributed by atoms with Crippen LogP contribution in [0.5, 0.6) is 0 Å². The van der Waals surface area contributed by atoms with Gasteiger partial charge in [-0.3, -0.25) is 9.48 Å². The van der Waals surface area contributed by atoms with E-state index in [0.29, 0.717) is 32.6 Å². The minimum atomic E-state index is -0.754. The van der Waals surface area contributed by atoms with Crippen molar-refractivity contribution >= 4 is 5.91 Å². The van der Waals surface area contributed by atoms with Crippen LogP contribution in [0.2, 0.25) is 0 Å². The Kier molecular flexibility index (Phi) is 4.77. The standard InChI is InChI=1S/C14H24N4O2/c1-11-10-12(2)18(17-11)7-3-6-16-13(19)14(15)4-8-20-9-5-14/h10H,3-9,15H2,1-2H3,(H,16,19). The van der Waals surface area contributed by atoms with E-state index in [2.05, 4.69) is 16.5 Å². The van der Waals surface area contributed by atoms with Crippen molar-refractivity contribution in [2.45, 2.75) is 45.2 Å². The van der Waals surface area contributed by atoms with E-state index in [1.807, 2.05) is 18.5 Å². The number of nitrogens with zero attached hydrogens (tertiary/aromatic N) is 2. The first-order valence-corrected chi connectivity index (χ1v) is 7.17. The van der Waals surface area contributed by atoms with E-state index < -0.39 is 5.54 Å². The average Bonchev–Trinajstić information content (AvgIpc) is 2.73. The minimum Gasteiger partial charge on any atom is -0.381 e. The molecule has 112 valence electrons. The van der Waals surface area contributed by atoms with Gasteiger partial charge in [-0.2, -0.15) is 5.10 Å². The number of nitrogens with one attached hydrogen (secondary N) is 1. The van der Waals surface area contributed by atoms with E-state index in [4.69, 9.17) is 10.5 Å². The Bertz CT molecular complexity index is 464. The molecule has 6 nitrogen and oxygen atoms in total. The Balaban J connectivity index is 1.73. The Morgan fingerprint density at radius 2 is 2.20 bits per heavy atom. The van der Waals surface area contributed by atoms with Gasteiger partial charge in [-0.15, -0.1) is 0 Å². The molecule has 0 aliphatic carbocycles. The quantitative estimate of drug-likeness (QED) is 0.770. The molecule has 2 rings (SSSR count). The third-order valence-electron chi connectivity index (χ3n) is 3.77. The zero-order valence-corrected chi connectivity index (χ0v) is 12.3. The molecule has 1 saturated heterocycles. The summed E-state index contributed by atoms with van der Waals surface area (Å²) in [5, 5.41) is 7.32. The minimum absolute atomic E-state index is 0.0610. The molecular weight excluding hydrogens is 256 g/mol. The number of hydrogen-bond donors (Lipinski definition) is 2. The molecule has 0 bridgehead atoms. The molecule has 20 heavy (non-hydrogen) atoms. The highest BCUT2D eigenvalue weighted by Gasteiger charge is 2.35. The fourth-order valence-electron chi connectivity index (χ4n) is 2.47. The van der Waals surface area contributed by atoms with Crippen molar-refractivity contribution in [1.82, 2.24) is 15.1 Å². The number of aryl methyl sites for hydroxylation is 3. The fourth-order valence-corrected chi connectivity index (χ4v) is 2.47. The van der Waals surface area contributed by atoms with Crippen LogP contribution in [0, 0.1) is 13.8 Å². The Morgan fingerprint density at radius 3 is 2.80 bits per heavy atom. The van der Waals surface area contributed by atoms with Crippen LogP contribution in [0.4, 0.5) is 0 Å². The number of ether oxygens (including phenoxy) is 1. The molecule has 0 atom stereocenters. The SMILES string of the molecule is Cc1cc(C)n(CCCNC(=O)C2(N)CCOCC2)n1. The van der Waals surface area contributed by atoms with Crippen LogP contribution in [0.1, 0.15) is 30.7 Å². The Labute approximate surface area is 119 Å². The van der Waals surface area contributed by atoms with Gasteiger partial charge >= 0.3 is 0 Å². The molecule has 1 aliphatic heterocycles. The molecule has 1 aromatic rings. The maximum absolute atomic E-state index is 12.1. The van der Waals surface area contributed by atoms with Crippen LogP contribution >= 0.6 is 0 Å². The van der Waals surface area contributed by atoms with Crippen LogP contribution in [0.3, 0.4) is 0 Å². The molecule has 1 fully saturated rings. The molecule has 2 heterocycles. The van der Waals surface area contributed by atoms with Gasteiger partial charge in [0.05, 0.1) is 11.2 Å². The van der Waals surface area contributed by atoms with Crippen LogP contribution in [-0.4, -0.2) is 41.0 Å². The predicted molar refractivity (Wildman–Crippen MR) is 76.3 cm³/mol. The van der Waals surface area contributed by atoms with Crippen LogP contribution in [-0.2, 0) is 16.1 Å². The first-order valence-electron chi connectivity index (χ1n) is 7.17. The summed E-state index contributed by atoms with van der Waals surface area (Å²) in [5.74, 6) is -0.0610. The topological polar surface area (TPSA) is 82.2 Å². The van der Waals surface area contributed by atoms with Gasteiger partial charge in [0.25, 0.3) is 0 Å². The number of amides is 1. The largest absolute Gasteiger partial charge is 0.381 e. The van der Waals surface area contributed by atoms with Crippen LogP contribution in [0.15, 0.2) is 6.07 Å². The molecule has 1 aromatic heterocycles. The van der Waals surface area contributed by atoms with E-state index in [0.717, 1.165) is 24.4 Å². The lowest BCUT2D eigenvalue weighted by Gasteiger charge is -2.31. The number of aromatic nitrogens is 2. The van der Waals surface area contributed by atoms with E-state index in [9.17, 15) is 4.79 Å². The molecule has 6 heteroatoms. The van der Waals surface area contributed by atoms with Crippen molar-refractivity contribution in [2.24, 2.45) is 5.73 Å². The number of carbonyl (C=O) groups excluding carboxylic acids is 1. The average molecular weight is 280 g/mol. The third kappa shape index (κ3) is 3.58. The van der Waals surface area contributed by atoms with Gasteiger partial charge in [0.15, 0.2) is 0 Å².